The number of nitrogens with zero attached hydrogens (tertiary/aromatic N) is 1. The Bertz CT molecular complexity index is 438. The fraction of sp³-hybridized carbons (Fsp3) is 0.625. The minimum Gasteiger partial charge on any atom is -0.391 e. The number of aliphatic hydroxyl groups is 1. The maximum atomic E-state index is 9.78. The molecule has 2 unspecified atom stereocenters. The van der Waals surface area contributed by atoms with Gasteiger partial charge in [0.1, 0.15) is 0 Å². The quantitative estimate of drug-likeness (QED) is 0.874. The van der Waals surface area contributed by atoms with Gasteiger partial charge in [-0.1, -0.05) is 24.6 Å². The van der Waals surface area contributed by atoms with Crippen molar-refractivity contribution in [3.63, 3.8) is 0 Å². The minimum absolute atomic E-state index is 0.232. The van der Waals surface area contributed by atoms with Crippen molar-refractivity contribution in [2.45, 2.75) is 45.3 Å². The zero-order valence-electron chi connectivity index (χ0n) is 12.4. The van der Waals surface area contributed by atoms with Gasteiger partial charge in [0.15, 0.2) is 0 Å². The van der Waals surface area contributed by atoms with Gasteiger partial charge in [0.05, 0.1) is 16.8 Å². The summed E-state index contributed by atoms with van der Waals surface area (Å²) in [4.78, 5) is 2.18. The Morgan fingerprint density at radius 2 is 2.30 bits per heavy atom. The van der Waals surface area contributed by atoms with Crippen molar-refractivity contribution in [2.75, 3.05) is 24.5 Å². The van der Waals surface area contributed by atoms with E-state index in [2.05, 4.69) is 36.2 Å². The van der Waals surface area contributed by atoms with Crippen LogP contribution in [0.25, 0.3) is 0 Å². The first-order valence-electron chi connectivity index (χ1n) is 7.57. The number of benzene rings is 1. The van der Waals surface area contributed by atoms with Crippen LogP contribution < -0.4 is 10.2 Å². The number of rotatable bonds is 5. The highest BCUT2D eigenvalue weighted by Gasteiger charge is 2.20. The molecule has 0 amide bonds. The summed E-state index contributed by atoms with van der Waals surface area (Å²) in [6.07, 6.45) is 2.81. The van der Waals surface area contributed by atoms with E-state index in [1.54, 1.807) is 0 Å². The Morgan fingerprint density at radius 1 is 1.50 bits per heavy atom. The van der Waals surface area contributed by atoms with E-state index < -0.39 is 0 Å². The molecular weight excluding hydrogens is 272 g/mol. The van der Waals surface area contributed by atoms with Crippen LogP contribution in [-0.4, -0.2) is 30.8 Å². The normalized spacial score (nSPS) is 21.0. The van der Waals surface area contributed by atoms with Gasteiger partial charge in [-0.15, -0.1) is 0 Å². The van der Waals surface area contributed by atoms with Crippen LogP contribution in [0.5, 0.6) is 0 Å². The lowest BCUT2D eigenvalue weighted by atomic mass is 10.0. The maximum absolute atomic E-state index is 9.78. The fourth-order valence-electron chi connectivity index (χ4n) is 2.70. The molecule has 2 atom stereocenters. The predicted octanol–water partition coefficient (Wildman–Crippen LogP) is 3.36. The van der Waals surface area contributed by atoms with E-state index in [4.69, 9.17) is 11.6 Å². The number of nitrogens with one attached hydrogen (secondary N) is 1. The van der Waals surface area contributed by atoms with E-state index in [1.807, 2.05) is 6.07 Å². The molecule has 0 aliphatic carbocycles. The molecule has 1 aliphatic rings. The number of halogens is 1. The van der Waals surface area contributed by atoms with Crippen molar-refractivity contribution >= 4 is 17.3 Å². The average Bonchev–Trinajstić information content (AvgIpc) is 2.44. The second-order valence-electron chi connectivity index (χ2n) is 5.63. The zero-order valence-corrected chi connectivity index (χ0v) is 13.2. The van der Waals surface area contributed by atoms with Gasteiger partial charge in [0, 0.05) is 19.1 Å². The van der Waals surface area contributed by atoms with Crippen LogP contribution in [0.1, 0.15) is 44.7 Å². The third kappa shape index (κ3) is 3.87. The SMILES string of the molecule is CCCNC(C)c1ccc(N2CCCC(O)C2)c(Cl)c1. The molecule has 112 valence electrons. The summed E-state index contributed by atoms with van der Waals surface area (Å²) in [5, 5.41) is 14.0. The lowest BCUT2D eigenvalue weighted by Gasteiger charge is -2.32. The smallest absolute Gasteiger partial charge is 0.0715 e. The van der Waals surface area contributed by atoms with Crippen LogP contribution in [0.4, 0.5) is 5.69 Å². The second-order valence-corrected chi connectivity index (χ2v) is 6.04. The average molecular weight is 297 g/mol. The molecule has 0 bridgehead atoms. The number of β-amino-alcohol motifs (C(OH)–C–C–N with tert-alkyl or cyclic N) is 1. The molecule has 2 N–H and O–H groups in total. The summed E-state index contributed by atoms with van der Waals surface area (Å²) in [6, 6.07) is 6.58. The molecule has 3 nitrogen and oxygen atoms in total. The van der Waals surface area contributed by atoms with Crippen molar-refractivity contribution < 1.29 is 5.11 Å². The van der Waals surface area contributed by atoms with Gasteiger partial charge in [-0.3, -0.25) is 0 Å². The largest absolute Gasteiger partial charge is 0.391 e. The molecule has 1 aliphatic heterocycles. The Hall–Kier alpha value is -0.770. The molecule has 0 spiro atoms. The van der Waals surface area contributed by atoms with Gasteiger partial charge in [0.25, 0.3) is 0 Å². The number of anilines is 1. The lowest BCUT2D eigenvalue weighted by Crippen LogP contribution is -2.38. The standard InChI is InChI=1S/C16H25ClN2O/c1-3-8-18-12(2)13-6-7-16(15(17)10-13)19-9-4-5-14(20)11-19/h6-7,10,12,14,18,20H,3-5,8-9,11H2,1-2H3. The molecule has 4 heteroatoms. The Kier molecular flexibility index (Phi) is 5.70. The zero-order chi connectivity index (χ0) is 14.5. The molecule has 0 aromatic heterocycles. The van der Waals surface area contributed by atoms with Gasteiger partial charge in [-0.25, -0.2) is 0 Å². The van der Waals surface area contributed by atoms with Crippen molar-refractivity contribution in [3.05, 3.63) is 28.8 Å². The predicted molar refractivity (Wildman–Crippen MR) is 85.6 cm³/mol. The summed E-state index contributed by atoms with van der Waals surface area (Å²) in [7, 11) is 0. The van der Waals surface area contributed by atoms with E-state index in [0.717, 1.165) is 43.1 Å². The molecule has 20 heavy (non-hydrogen) atoms. The highest BCUT2D eigenvalue weighted by Crippen LogP contribution is 2.30. The third-order valence-electron chi connectivity index (χ3n) is 3.91. The van der Waals surface area contributed by atoms with Crippen LogP contribution in [0.15, 0.2) is 18.2 Å². The summed E-state index contributed by atoms with van der Waals surface area (Å²) in [5.41, 5.74) is 2.25. The summed E-state index contributed by atoms with van der Waals surface area (Å²) in [6.45, 7) is 6.99. The van der Waals surface area contributed by atoms with Crippen molar-refractivity contribution in [1.29, 1.82) is 0 Å². The summed E-state index contributed by atoms with van der Waals surface area (Å²) in [5.74, 6) is 0. The van der Waals surface area contributed by atoms with Crippen molar-refractivity contribution in [3.8, 4) is 0 Å². The third-order valence-corrected chi connectivity index (χ3v) is 4.21. The molecule has 1 aromatic carbocycles. The Morgan fingerprint density at radius 3 is 2.95 bits per heavy atom. The molecule has 0 radical (unpaired) electrons. The van der Waals surface area contributed by atoms with E-state index in [-0.39, 0.29) is 6.10 Å². The van der Waals surface area contributed by atoms with E-state index in [1.165, 1.54) is 5.56 Å². The Labute approximate surface area is 126 Å². The van der Waals surface area contributed by atoms with Crippen LogP contribution in [0.2, 0.25) is 5.02 Å². The minimum atomic E-state index is -0.232. The summed E-state index contributed by atoms with van der Waals surface area (Å²) >= 11 is 6.44. The second kappa shape index (κ2) is 7.30. The van der Waals surface area contributed by atoms with E-state index in [0.29, 0.717) is 12.6 Å². The van der Waals surface area contributed by atoms with E-state index in [9.17, 15) is 5.11 Å². The molecule has 1 saturated heterocycles. The van der Waals surface area contributed by atoms with Crippen molar-refractivity contribution in [2.24, 2.45) is 0 Å². The molecule has 1 heterocycles. The number of piperidine rings is 1. The number of aliphatic hydroxyl groups excluding tert-OH is 1. The first kappa shape index (κ1) is 15.6. The molecule has 1 fully saturated rings. The highest BCUT2D eigenvalue weighted by molar-refractivity contribution is 6.33. The van der Waals surface area contributed by atoms with E-state index >= 15 is 0 Å². The molecular formula is C16H25ClN2O. The van der Waals surface area contributed by atoms with Gasteiger partial charge in [-0.2, -0.15) is 0 Å². The number of hydrogen-bond acceptors (Lipinski definition) is 3. The molecule has 2 rings (SSSR count). The highest BCUT2D eigenvalue weighted by atomic mass is 35.5. The maximum Gasteiger partial charge on any atom is 0.0715 e. The number of hydrogen-bond donors (Lipinski definition) is 2. The van der Waals surface area contributed by atoms with Crippen molar-refractivity contribution in [1.82, 2.24) is 5.32 Å². The monoisotopic (exact) mass is 296 g/mol. The first-order valence-corrected chi connectivity index (χ1v) is 7.95. The lowest BCUT2D eigenvalue weighted by molar-refractivity contribution is 0.154. The topological polar surface area (TPSA) is 35.5 Å². The van der Waals surface area contributed by atoms with Crippen LogP contribution in [0, 0.1) is 0 Å². The molecule has 1 aromatic rings. The summed E-state index contributed by atoms with van der Waals surface area (Å²) < 4.78 is 0. The van der Waals surface area contributed by atoms with Gasteiger partial charge in [-0.05, 0) is 50.4 Å². The first-order chi connectivity index (χ1) is 9.61. The Balaban J connectivity index is 2.09. The van der Waals surface area contributed by atoms with Gasteiger partial charge in [0.2, 0.25) is 0 Å². The van der Waals surface area contributed by atoms with Crippen LogP contribution >= 0.6 is 11.6 Å². The van der Waals surface area contributed by atoms with Gasteiger partial charge < -0.3 is 15.3 Å². The van der Waals surface area contributed by atoms with Gasteiger partial charge >= 0.3 is 0 Å². The van der Waals surface area contributed by atoms with Crippen LogP contribution in [-0.2, 0) is 0 Å². The fourth-order valence-corrected chi connectivity index (χ4v) is 3.01. The van der Waals surface area contributed by atoms with Crippen LogP contribution in [0.3, 0.4) is 0 Å². The molecule has 0 saturated carbocycles.